The average molecular weight is 248 g/mol. The first-order valence-corrected chi connectivity index (χ1v) is 6.92. The van der Waals surface area contributed by atoms with E-state index in [1.54, 1.807) is 6.26 Å². The lowest BCUT2D eigenvalue weighted by atomic mass is 9.91. The van der Waals surface area contributed by atoms with E-state index in [9.17, 15) is 4.79 Å². The van der Waals surface area contributed by atoms with Crippen LogP contribution in [-0.2, 0) is 11.2 Å². The minimum atomic E-state index is 0.162. The van der Waals surface area contributed by atoms with E-state index in [-0.39, 0.29) is 17.9 Å². The van der Waals surface area contributed by atoms with Crippen molar-refractivity contribution in [3.05, 3.63) is 23.7 Å². The maximum atomic E-state index is 12.2. The Morgan fingerprint density at radius 3 is 3.00 bits per heavy atom. The molecule has 0 saturated carbocycles. The second kappa shape index (κ2) is 5.14. The third-order valence-electron chi connectivity index (χ3n) is 4.08. The first-order valence-electron chi connectivity index (χ1n) is 6.92. The van der Waals surface area contributed by atoms with Gasteiger partial charge in [0.25, 0.3) is 0 Å². The van der Waals surface area contributed by atoms with Crippen molar-refractivity contribution in [2.75, 3.05) is 13.1 Å². The molecule has 1 aliphatic carbocycles. The van der Waals surface area contributed by atoms with Crippen LogP contribution < -0.4 is 10.6 Å². The van der Waals surface area contributed by atoms with Gasteiger partial charge in [0.05, 0.1) is 12.3 Å². The largest absolute Gasteiger partial charge is 0.469 e. The topological polar surface area (TPSA) is 54.3 Å². The summed E-state index contributed by atoms with van der Waals surface area (Å²) in [5, 5.41) is 6.49. The number of carbonyl (C=O) groups is 1. The van der Waals surface area contributed by atoms with Crippen molar-refractivity contribution < 1.29 is 9.21 Å². The number of piperidine rings is 1. The molecule has 2 heterocycles. The SMILES string of the molecule is O=C(NC1CCCc2occc21)C1CCNCC1. The highest BCUT2D eigenvalue weighted by molar-refractivity contribution is 5.79. The van der Waals surface area contributed by atoms with Gasteiger partial charge in [-0.25, -0.2) is 0 Å². The van der Waals surface area contributed by atoms with Crippen LogP contribution in [0.5, 0.6) is 0 Å². The van der Waals surface area contributed by atoms with Crippen LogP contribution in [0.4, 0.5) is 0 Å². The van der Waals surface area contributed by atoms with Gasteiger partial charge in [0.15, 0.2) is 0 Å². The highest BCUT2D eigenvalue weighted by Crippen LogP contribution is 2.30. The van der Waals surface area contributed by atoms with Crippen LogP contribution in [-0.4, -0.2) is 19.0 Å². The lowest BCUT2D eigenvalue weighted by Crippen LogP contribution is -2.40. The predicted octanol–water partition coefficient (Wildman–Crippen LogP) is 1.77. The Balaban J connectivity index is 1.65. The fraction of sp³-hybridized carbons (Fsp3) is 0.643. The molecule has 1 saturated heterocycles. The number of furan rings is 1. The van der Waals surface area contributed by atoms with Crippen LogP contribution >= 0.6 is 0 Å². The van der Waals surface area contributed by atoms with Gasteiger partial charge in [-0.15, -0.1) is 0 Å². The number of amides is 1. The minimum absolute atomic E-state index is 0.162. The van der Waals surface area contributed by atoms with Gasteiger partial charge in [-0.05, 0) is 44.8 Å². The third kappa shape index (κ3) is 2.29. The van der Waals surface area contributed by atoms with E-state index in [2.05, 4.69) is 10.6 Å². The van der Waals surface area contributed by atoms with Gasteiger partial charge in [0.2, 0.25) is 5.91 Å². The smallest absolute Gasteiger partial charge is 0.223 e. The molecule has 0 radical (unpaired) electrons. The summed E-state index contributed by atoms with van der Waals surface area (Å²) in [4.78, 5) is 12.2. The van der Waals surface area contributed by atoms with E-state index in [4.69, 9.17) is 4.42 Å². The molecule has 4 nitrogen and oxygen atoms in total. The zero-order chi connectivity index (χ0) is 12.4. The molecule has 1 unspecified atom stereocenters. The Hall–Kier alpha value is -1.29. The molecule has 3 rings (SSSR count). The Labute approximate surface area is 107 Å². The van der Waals surface area contributed by atoms with Gasteiger partial charge >= 0.3 is 0 Å². The summed E-state index contributed by atoms with van der Waals surface area (Å²) in [6.07, 6.45) is 6.77. The zero-order valence-electron chi connectivity index (χ0n) is 10.6. The van der Waals surface area contributed by atoms with E-state index in [1.165, 1.54) is 5.56 Å². The molecule has 0 spiro atoms. The van der Waals surface area contributed by atoms with Crippen LogP contribution in [0.3, 0.4) is 0 Å². The van der Waals surface area contributed by atoms with E-state index >= 15 is 0 Å². The summed E-state index contributed by atoms with van der Waals surface area (Å²) in [5.41, 5.74) is 1.18. The van der Waals surface area contributed by atoms with Crippen LogP contribution in [0.1, 0.15) is 43.0 Å². The Morgan fingerprint density at radius 1 is 1.33 bits per heavy atom. The number of hydrogen-bond donors (Lipinski definition) is 2. The summed E-state index contributed by atoms with van der Waals surface area (Å²) in [6.45, 7) is 1.92. The van der Waals surface area contributed by atoms with Gasteiger partial charge in [0.1, 0.15) is 5.76 Å². The third-order valence-corrected chi connectivity index (χ3v) is 4.08. The molecule has 1 aromatic heterocycles. The zero-order valence-corrected chi connectivity index (χ0v) is 10.6. The first kappa shape index (κ1) is 11.8. The second-order valence-corrected chi connectivity index (χ2v) is 5.28. The molecule has 0 bridgehead atoms. The summed E-state index contributed by atoms with van der Waals surface area (Å²) in [6, 6.07) is 2.16. The maximum absolute atomic E-state index is 12.2. The highest BCUT2D eigenvalue weighted by Gasteiger charge is 2.27. The van der Waals surface area contributed by atoms with Crippen molar-refractivity contribution >= 4 is 5.91 Å². The van der Waals surface area contributed by atoms with Crippen LogP contribution in [0, 0.1) is 5.92 Å². The predicted molar refractivity (Wildman–Crippen MR) is 68.1 cm³/mol. The summed E-state index contributed by atoms with van der Waals surface area (Å²) in [7, 11) is 0. The number of aryl methyl sites for hydroxylation is 1. The molecule has 98 valence electrons. The molecule has 0 aromatic carbocycles. The molecule has 18 heavy (non-hydrogen) atoms. The van der Waals surface area contributed by atoms with Crippen LogP contribution in [0.15, 0.2) is 16.7 Å². The van der Waals surface area contributed by atoms with Gasteiger partial charge in [-0.2, -0.15) is 0 Å². The Kier molecular flexibility index (Phi) is 3.37. The molecular formula is C14H20N2O2. The van der Waals surface area contributed by atoms with Crippen molar-refractivity contribution in [1.82, 2.24) is 10.6 Å². The fourth-order valence-corrected chi connectivity index (χ4v) is 3.01. The highest BCUT2D eigenvalue weighted by atomic mass is 16.3. The van der Waals surface area contributed by atoms with Crippen molar-refractivity contribution in [3.63, 3.8) is 0 Å². The molecule has 1 aliphatic heterocycles. The molecule has 1 aromatic rings. The van der Waals surface area contributed by atoms with Crippen molar-refractivity contribution in [3.8, 4) is 0 Å². The van der Waals surface area contributed by atoms with Crippen LogP contribution in [0.25, 0.3) is 0 Å². The molecule has 2 N–H and O–H groups in total. The lowest BCUT2D eigenvalue weighted by Gasteiger charge is -2.27. The van der Waals surface area contributed by atoms with E-state index in [0.717, 1.165) is 51.0 Å². The summed E-state index contributed by atoms with van der Waals surface area (Å²) in [5.74, 6) is 1.45. The van der Waals surface area contributed by atoms with E-state index in [1.807, 2.05) is 6.07 Å². The fourth-order valence-electron chi connectivity index (χ4n) is 3.01. The Bertz CT molecular complexity index is 421. The summed E-state index contributed by atoms with van der Waals surface area (Å²) >= 11 is 0. The van der Waals surface area contributed by atoms with Crippen molar-refractivity contribution in [2.45, 2.75) is 38.1 Å². The van der Waals surface area contributed by atoms with Crippen molar-refractivity contribution in [2.24, 2.45) is 5.92 Å². The normalized spacial score (nSPS) is 24.6. The molecule has 1 fully saturated rings. The number of rotatable bonds is 2. The average Bonchev–Trinajstić information content (AvgIpc) is 2.89. The molecule has 1 amide bonds. The monoisotopic (exact) mass is 248 g/mol. The van der Waals surface area contributed by atoms with Gasteiger partial charge < -0.3 is 15.1 Å². The van der Waals surface area contributed by atoms with E-state index in [0.29, 0.717) is 0 Å². The van der Waals surface area contributed by atoms with Crippen LogP contribution in [0.2, 0.25) is 0 Å². The number of carbonyl (C=O) groups excluding carboxylic acids is 1. The number of fused-ring (bicyclic) bond motifs is 1. The second-order valence-electron chi connectivity index (χ2n) is 5.28. The molecule has 1 atom stereocenters. The van der Waals surface area contributed by atoms with Crippen molar-refractivity contribution in [1.29, 1.82) is 0 Å². The first-order chi connectivity index (χ1) is 8.84. The van der Waals surface area contributed by atoms with Gasteiger partial charge in [-0.1, -0.05) is 0 Å². The van der Waals surface area contributed by atoms with Gasteiger partial charge in [0, 0.05) is 17.9 Å². The summed E-state index contributed by atoms with van der Waals surface area (Å²) < 4.78 is 5.45. The number of nitrogens with one attached hydrogen (secondary N) is 2. The lowest BCUT2D eigenvalue weighted by molar-refractivity contribution is -0.126. The Morgan fingerprint density at radius 2 is 2.17 bits per heavy atom. The van der Waals surface area contributed by atoms with Gasteiger partial charge in [-0.3, -0.25) is 4.79 Å². The molecule has 2 aliphatic rings. The van der Waals surface area contributed by atoms with E-state index < -0.39 is 0 Å². The minimum Gasteiger partial charge on any atom is -0.469 e. The standard InChI is InChI=1S/C14H20N2O2/c17-14(10-4-7-15-8-5-10)16-12-2-1-3-13-11(12)6-9-18-13/h6,9-10,12,15H,1-5,7-8H2,(H,16,17). The quantitative estimate of drug-likeness (QED) is 0.838. The molecular weight excluding hydrogens is 228 g/mol. The maximum Gasteiger partial charge on any atom is 0.223 e. The number of hydrogen-bond acceptors (Lipinski definition) is 3. The molecule has 4 heteroatoms.